The lowest BCUT2D eigenvalue weighted by atomic mass is 9.74. The zero-order valence-electron chi connectivity index (χ0n) is 28.9. The van der Waals surface area contributed by atoms with Gasteiger partial charge in [0, 0.05) is 57.4 Å². The molecule has 3 aromatic carbocycles. The molecule has 0 spiro atoms. The summed E-state index contributed by atoms with van der Waals surface area (Å²) in [4.78, 5) is 30.1. The first-order valence-electron chi connectivity index (χ1n) is 16.8. The van der Waals surface area contributed by atoms with Gasteiger partial charge in [-0.3, -0.25) is 14.5 Å². The van der Waals surface area contributed by atoms with Crippen LogP contribution in [0.15, 0.2) is 60.7 Å². The molecule has 4 atom stereocenters. The van der Waals surface area contributed by atoms with Gasteiger partial charge < -0.3 is 19.7 Å². The summed E-state index contributed by atoms with van der Waals surface area (Å²) >= 11 is 12.5. The third-order valence-corrected chi connectivity index (χ3v) is 18.5. The van der Waals surface area contributed by atoms with Crippen molar-refractivity contribution in [1.29, 1.82) is 0 Å². The number of hydrogen-bond donors (Lipinski definition) is 2. The van der Waals surface area contributed by atoms with E-state index in [1.165, 1.54) is 29.2 Å². The van der Waals surface area contributed by atoms with Crippen LogP contribution in [0.5, 0.6) is 0 Å². The monoisotopic (exact) mass is 769 g/mol. The van der Waals surface area contributed by atoms with Crippen LogP contribution in [-0.2, 0) is 25.6 Å². The van der Waals surface area contributed by atoms with Crippen LogP contribution in [0.3, 0.4) is 0 Å². The van der Waals surface area contributed by atoms with Crippen molar-refractivity contribution in [2.45, 2.75) is 74.4 Å². The van der Waals surface area contributed by atoms with Crippen LogP contribution in [0.2, 0.25) is 34.0 Å². The van der Waals surface area contributed by atoms with Crippen molar-refractivity contribution < 1.29 is 33.7 Å². The van der Waals surface area contributed by atoms with E-state index in [1.54, 1.807) is 43.3 Å². The first-order chi connectivity index (χ1) is 23.8. The highest BCUT2D eigenvalue weighted by Gasteiger charge is 2.57. The zero-order valence-corrected chi connectivity index (χ0v) is 33.4. The summed E-state index contributed by atoms with van der Waals surface area (Å²) < 4.78 is 28.2. The fourth-order valence-corrected chi connectivity index (χ4v) is 11.2. The molecule has 50 heavy (non-hydrogen) atoms. The normalized spacial score (nSPS) is 20.7. The molecule has 0 aromatic heterocycles. The highest BCUT2D eigenvalue weighted by Crippen LogP contribution is 2.52. The standard InChI is InChI=1S/C37H42Cl2FNO6Si3/c1-6-35(44,24-15-17-46-18-16-24)26-19-29-31(30(40)20-26)37(45,25-9-13-28(39)14-10-25)41(33(29)42)32(23-7-11-27(38)12-8-23)22(2)34(43)47-21-36(48-3,49-4)50-5/h7-14,19-20,22,24,32,44-45H,6,15-18,21H2,1-5H3/t22-,32-,35-,37+/m0/s1. The van der Waals surface area contributed by atoms with Gasteiger partial charge in [0.25, 0.3) is 5.91 Å². The van der Waals surface area contributed by atoms with E-state index in [9.17, 15) is 19.8 Å². The third kappa shape index (κ3) is 7.04. The molecule has 0 aliphatic carbocycles. The van der Waals surface area contributed by atoms with Crippen LogP contribution in [0.25, 0.3) is 0 Å². The number of carbonyl (C=O) groups excluding carboxylic acids is 2. The first kappa shape index (κ1) is 38.9. The third-order valence-electron chi connectivity index (χ3n) is 10.5. The van der Waals surface area contributed by atoms with E-state index in [-0.39, 0.29) is 45.5 Å². The maximum atomic E-state index is 16.8. The van der Waals surface area contributed by atoms with Gasteiger partial charge in [-0.25, -0.2) is 4.39 Å². The van der Waals surface area contributed by atoms with Gasteiger partial charge in [-0.15, -0.1) is 0 Å². The Morgan fingerprint density at radius 1 is 1.04 bits per heavy atom. The van der Waals surface area contributed by atoms with E-state index in [1.807, 2.05) is 6.92 Å². The fourth-order valence-electron chi connectivity index (χ4n) is 7.33. The second-order valence-electron chi connectivity index (χ2n) is 12.9. The SMILES string of the molecule is CC[C@@](O)(c1cc(F)c2c(c1)C(=O)N([C@H](c1ccc(Cl)cc1)[C@H](C)C(=O)OCC([Si]C)([Si]C)[Si]C)[C@@]2(O)c1ccc(Cl)cc1)C1CCOCC1. The summed E-state index contributed by atoms with van der Waals surface area (Å²) in [5.41, 5.74) is -3.23. The number of esters is 1. The molecule has 2 heterocycles. The minimum absolute atomic E-state index is 0.0959. The van der Waals surface area contributed by atoms with Crippen LogP contribution in [0.4, 0.5) is 4.39 Å². The predicted octanol–water partition coefficient (Wildman–Crippen LogP) is 7.06. The Kier molecular flexibility index (Phi) is 12.2. The average Bonchev–Trinajstić information content (AvgIpc) is 3.36. The number of amides is 1. The van der Waals surface area contributed by atoms with Crippen molar-refractivity contribution in [3.05, 3.63) is 104 Å². The molecule has 2 aliphatic rings. The minimum Gasteiger partial charge on any atom is -0.466 e. The number of benzene rings is 3. The molecule has 1 amide bonds. The Morgan fingerprint density at radius 3 is 2.14 bits per heavy atom. The first-order valence-corrected chi connectivity index (χ1v) is 22.0. The molecule has 2 aliphatic heterocycles. The molecular formula is C37H42Cl2FNO6Si3. The molecular weight excluding hydrogens is 729 g/mol. The van der Waals surface area contributed by atoms with E-state index in [2.05, 4.69) is 19.6 Å². The highest BCUT2D eigenvalue weighted by atomic mass is 35.5. The van der Waals surface area contributed by atoms with Gasteiger partial charge in [0.2, 0.25) is 0 Å². The van der Waals surface area contributed by atoms with Crippen LogP contribution in [0, 0.1) is 17.7 Å². The lowest BCUT2D eigenvalue weighted by Crippen LogP contribution is -2.50. The van der Waals surface area contributed by atoms with E-state index < -0.39 is 41.0 Å². The number of fused-ring (bicyclic) bond motifs is 1. The minimum atomic E-state index is -2.37. The molecule has 264 valence electrons. The van der Waals surface area contributed by atoms with Crippen molar-refractivity contribution in [2.75, 3.05) is 19.8 Å². The summed E-state index contributed by atoms with van der Waals surface area (Å²) in [7, 11) is 1.71. The van der Waals surface area contributed by atoms with Gasteiger partial charge in [-0.1, -0.05) is 74.0 Å². The second-order valence-corrected chi connectivity index (χ2v) is 19.4. The molecule has 0 saturated carbocycles. The van der Waals surface area contributed by atoms with E-state index in [0.29, 0.717) is 70.2 Å². The summed E-state index contributed by atoms with van der Waals surface area (Å²) in [5.74, 6) is -3.31. The topological polar surface area (TPSA) is 96.3 Å². The quantitative estimate of drug-likeness (QED) is 0.143. The Balaban J connectivity index is 1.69. The number of halogens is 3. The molecule has 0 unspecified atom stereocenters. The number of aliphatic hydroxyl groups is 2. The van der Waals surface area contributed by atoms with Gasteiger partial charge in [0.05, 0.1) is 35.3 Å². The summed E-state index contributed by atoms with van der Waals surface area (Å²) in [5, 5.41) is 25.9. The number of ether oxygens (including phenoxy) is 2. The molecule has 3 aromatic rings. The number of nitrogens with zero attached hydrogens (tertiary/aromatic N) is 1. The van der Waals surface area contributed by atoms with Gasteiger partial charge in [0.15, 0.2) is 5.72 Å². The lowest BCUT2D eigenvalue weighted by Gasteiger charge is -2.42. The van der Waals surface area contributed by atoms with Gasteiger partial charge >= 0.3 is 5.97 Å². The summed E-state index contributed by atoms with van der Waals surface area (Å²) in [6.07, 6.45) is 1.43. The molecule has 1 saturated heterocycles. The number of hydrogen-bond acceptors (Lipinski definition) is 6. The van der Waals surface area contributed by atoms with E-state index in [4.69, 9.17) is 32.7 Å². The molecule has 0 bridgehead atoms. The lowest BCUT2D eigenvalue weighted by molar-refractivity contribution is -0.153. The molecule has 1 fully saturated rings. The van der Waals surface area contributed by atoms with Gasteiger partial charge in [0.1, 0.15) is 5.82 Å². The van der Waals surface area contributed by atoms with Gasteiger partial charge in [-0.2, -0.15) is 0 Å². The maximum absolute atomic E-state index is 16.8. The molecule has 5 rings (SSSR count). The van der Waals surface area contributed by atoms with Crippen LogP contribution in [0.1, 0.15) is 71.8 Å². The van der Waals surface area contributed by atoms with Crippen LogP contribution in [-0.4, -0.2) is 75.4 Å². The predicted molar refractivity (Wildman–Crippen MR) is 197 cm³/mol. The Morgan fingerprint density at radius 2 is 1.60 bits per heavy atom. The molecule has 13 heteroatoms. The van der Waals surface area contributed by atoms with Crippen molar-refractivity contribution in [3.8, 4) is 0 Å². The van der Waals surface area contributed by atoms with E-state index in [0.717, 1.165) is 0 Å². The van der Waals surface area contributed by atoms with Gasteiger partial charge in [-0.05, 0) is 83.9 Å². The Bertz CT molecular complexity index is 1680. The zero-order chi connectivity index (χ0) is 36.4. The number of rotatable bonds is 13. The molecule has 2 N–H and O–H groups in total. The largest absolute Gasteiger partial charge is 0.466 e. The second kappa shape index (κ2) is 15.7. The molecule has 6 radical (unpaired) electrons. The van der Waals surface area contributed by atoms with Crippen molar-refractivity contribution in [3.63, 3.8) is 0 Å². The Labute approximate surface area is 311 Å². The van der Waals surface area contributed by atoms with Crippen molar-refractivity contribution in [1.82, 2.24) is 4.90 Å². The summed E-state index contributed by atoms with van der Waals surface area (Å²) in [6, 6.07) is 14.5. The average molecular weight is 771 g/mol. The Hall–Kier alpha value is -2.36. The van der Waals surface area contributed by atoms with Crippen LogP contribution < -0.4 is 0 Å². The van der Waals surface area contributed by atoms with Crippen molar-refractivity contribution >= 4 is 63.6 Å². The van der Waals surface area contributed by atoms with Crippen LogP contribution >= 0.6 is 23.2 Å². The summed E-state index contributed by atoms with van der Waals surface area (Å²) in [6.45, 7) is 11.0. The van der Waals surface area contributed by atoms with E-state index >= 15 is 4.39 Å². The highest BCUT2D eigenvalue weighted by molar-refractivity contribution is 6.79. The smallest absolute Gasteiger partial charge is 0.311 e. The fraction of sp³-hybridized carbons (Fsp3) is 0.459. The number of carbonyl (C=O) groups is 2. The van der Waals surface area contributed by atoms with Crippen molar-refractivity contribution in [2.24, 2.45) is 11.8 Å². The molecule has 7 nitrogen and oxygen atoms in total. The maximum Gasteiger partial charge on any atom is 0.311 e.